The molecule has 0 saturated carbocycles. The molecule has 0 amide bonds. The number of benzene rings is 1. The van der Waals surface area contributed by atoms with Gasteiger partial charge in [0.15, 0.2) is 0 Å². The number of imidazole rings is 1. The fraction of sp³-hybridized carbons (Fsp3) is 0.154. The maximum atomic E-state index is 4.02. The lowest BCUT2D eigenvalue weighted by atomic mass is 10.1. The normalized spacial score (nSPS) is 11.0. The second kappa shape index (κ2) is 4.60. The monoisotopic (exact) mass is 198 g/mol. The van der Waals surface area contributed by atoms with E-state index in [1.165, 1.54) is 11.1 Å². The van der Waals surface area contributed by atoms with E-state index in [9.17, 15) is 0 Å². The molecule has 1 aromatic heterocycles. The average Bonchev–Trinajstić information content (AvgIpc) is 2.74. The van der Waals surface area contributed by atoms with Crippen molar-refractivity contribution in [1.82, 2.24) is 9.55 Å². The van der Waals surface area contributed by atoms with Crippen molar-refractivity contribution in [2.45, 2.75) is 13.5 Å². The van der Waals surface area contributed by atoms with Crippen molar-refractivity contribution in [2.24, 2.45) is 0 Å². The number of hydrogen-bond acceptors (Lipinski definition) is 1. The summed E-state index contributed by atoms with van der Waals surface area (Å²) in [6.07, 6.45) is 9.75. The highest BCUT2D eigenvalue weighted by Crippen LogP contribution is 2.07. The Hall–Kier alpha value is -1.83. The van der Waals surface area contributed by atoms with E-state index in [1.807, 2.05) is 25.5 Å². The van der Waals surface area contributed by atoms with Gasteiger partial charge in [-0.2, -0.15) is 0 Å². The third kappa shape index (κ3) is 2.56. The van der Waals surface area contributed by atoms with E-state index in [4.69, 9.17) is 0 Å². The van der Waals surface area contributed by atoms with Crippen molar-refractivity contribution < 1.29 is 0 Å². The van der Waals surface area contributed by atoms with Crippen LogP contribution in [0.1, 0.15) is 18.1 Å². The number of rotatable bonds is 3. The summed E-state index contributed by atoms with van der Waals surface area (Å²) < 4.78 is 2.06. The number of aromatic nitrogens is 2. The van der Waals surface area contributed by atoms with Crippen molar-refractivity contribution in [3.05, 3.63) is 60.2 Å². The summed E-state index contributed by atoms with van der Waals surface area (Å²) in [7, 11) is 0. The van der Waals surface area contributed by atoms with Gasteiger partial charge in [-0.05, 0) is 18.1 Å². The Bertz CT molecular complexity index is 424. The summed E-state index contributed by atoms with van der Waals surface area (Å²) >= 11 is 0. The van der Waals surface area contributed by atoms with Gasteiger partial charge in [0.05, 0.1) is 6.33 Å². The van der Waals surface area contributed by atoms with Crippen molar-refractivity contribution >= 4 is 6.08 Å². The fourth-order valence-electron chi connectivity index (χ4n) is 1.52. The molecule has 0 atom stereocenters. The first-order valence-corrected chi connectivity index (χ1v) is 5.06. The molecule has 0 aliphatic heterocycles. The van der Waals surface area contributed by atoms with Crippen LogP contribution in [0.3, 0.4) is 0 Å². The molecule has 0 spiro atoms. The van der Waals surface area contributed by atoms with Crippen LogP contribution in [0.15, 0.2) is 49.1 Å². The van der Waals surface area contributed by atoms with Crippen LogP contribution in [0.25, 0.3) is 6.08 Å². The third-order valence-electron chi connectivity index (χ3n) is 2.26. The minimum atomic E-state index is 0.885. The van der Waals surface area contributed by atoms with Crippen molar-refractivity contribution in [2.75, 3.05) is 0 Å². The van der Waals surface area contributed by atoms with Gasteiger partial charge in [-0.15, -0.1) is 0 Å². The van der Waals surface area contributed by atoms with Gasteiger partial charge in [-0.3, -0.25) is 0 Å². The third-order valence-corrected chi connectivity index (χ3v) is 2.26. The lowest BCUT2D eigenvalue weighted by Crippen LogP contribution is -1.95. The van der Waals surface area contributed by atoms with Crippen LogP contribution in [0, 0.1) is 0 Å². The topological polar surface area (TPSA) is 17.8 Å². The highest BCUT2D eigenvalue weighted by Gasteiger charge is 1.93. The van der Waals surface area contributed by atoms with E-state index in [0.29, 0.717) is 0 Å². The van der Waals surface area contributed by atoms with E-state index in [-0.39, 0.29) is 0 Å². The molecular formula is C13H14N2. The summed E-state index contributed by atoms with van der Waals surface area (Å²) in [5, 5.41) is 0. The lowest BCUT2D eigenvalue weighted by molar-refractivity contribution is 0.797. The molecule has 0 saturated heterocycles. The smallest absolute Gasteiger partial charge is 0.0949 e. The van der Waals surface area contributed by atoms with Gasteiger partial charge in [0.1, 0.15) is 0 Å². The predicted molar refractivity (Wildman–Crippen MR) is 62.5 cm³/mol. The maximum Gasteiger partial charge on any atom is 0.0949 e. The molecule has 0 aliphatic rings. The minimum absolute atomic E-state index is 0.885. The molecule has 0 unspecified atom stereocenters. The van der Waals surface area contributed by atoms with Gasteiger partial charge in [-0.25, -0.2) is 4.98 Å². The van der Waals surface area contributed by atoms with Crippen LogP contribution in [-0.4, -0.2) is 9.55 Å². The summed E-state index contributed by atoms with van der Waals surface area (Å²) in [5.41, 5.74) is 2.54. The highest BCUT2D eigenvalue weighted by molar-refractivity contribution is 5.49. The summed E-state index contributed by atoms with van der Waals surface area (Å²) in [6, 6.07) is 8.56. The Kier molecular flexibility index (Phi) is 2.98. The Morgan fingerprint density at radius 2 is 2.07 bits per heavy atom. The second-order valence-corrected chi connectivity index (χ2v) is 3.48. The zero-order chi connectivity index (χ0) is 10.5. The zero-order valence-electron chi connectivity index (χ0n) is 8.80. The molecule has 0 aliphatic carbocycles. The standard InChI is InChI=1S/C13H14N2/c1-2-3-12-4-6-13(7-5-12)10-15-9-8-14-11-15/h2-9,11H,10H2,1H3/b3-2-. The number of nitrogens with zero attached hydrogens (tertiary/aromatic N) is 2. The van der Waals surface area contributed by atoms with Crippen molar-refractivity contribution in [1.29, 1.82) is 0 Å². The van der Waals surface area contributed by atoms with Gasteiger partial charge in [-0.1, -0.05) is 36.4 Å². The van der Waals surface area contributed by atoms with Crippen LogP contribution in [-0.2, 0) is 6.54 Å². The number of hydrogen-bond donors (Lipinski definition) is 0. The molecule has 1 aromatic carbocycles. The molecule has 2 nitrogen and oxygen atoms in total. The SMILES string of the molecule is C/C=C\c1ccc(Cn2ccnc2)cc1. The van der Waals surface area contributed by atoms with Crippen LogP contribution in [0.2, 0.25) is 0 Å². The van der Waals surface area contributed by atoms with E-state index in [1.54, 1.807) is 6.20 Å². The van der Waals surface area contributed by atoms with Crippen molar-refractivity contribution in [3.8, 4) is 0 Å². The molecule has 2 rings (SSSR count). The summed E-state index contributed by atoms with van der Waals surface area (Å²) in [5.74, 6) is 0. The van der Waals surface area contributed by atoms with Crippen LogP contribution in [0.4, 0.5) is 0 Å². The number of allylic oxidation sites excluding steroid dienone is 1. The van der Waals surface area contributed by atoms with E-state index < -0.39 is 0 Å². The summed E-state index contributed by atoms with van der Waals surface area (Å²) in [4.78, 5) is 4.02. The first kappa shape index (κ1) is 9.71. The Morgan fingerprint density at radius 1 is 1.27 bits per heavy atom. The van der Waals surface area contributed by atoms with Crippen LogP contribution >= 0.6 is 0 Å². The second-order valence-electron chi connectivity index (χ2n) is 3.48. The molecule has 2 aromatic rings. The zero-order valence-corrected chi connectivity index (χ0v) is 8.80. The van der Waals surface area contributed by atoms with E-state index in [0.717, 1.165) is 6.54 Å². The first-order chi connectivity index (χ1) is 7.38. The maximum absolute atomic E-state index is 4.02. The van der Waals surface area contributed by atoms with Gasteiger partial charge >= 0.3 is 0 Å². The molecule has 0 bridgehead atoms. The van der Waals surface area contributed by atoms with Crippen molar-refractivity contribution in [3.63, 3.8) is 0 Å². The Labute approximate surface area is 89.9 Å². The first-order valence-electron chi connectivity index (χ1n) is 5.06. The summed E-state index contributed by atoms with van der Waals surface area (Å²) in [6.45, 7) is 2.91. The molecular weight excluding hydrogens is 184 g/mol. The van der Waals surface area contributed by atoms with E-state index in [2.05, 4.69) is 39.9 Å². The molecule has 0 fully saturated rings. The van der Waals surface area contributed by atoms with Gasteiger partial charge in [0.2, 0.25) is 0 Å². The molecule has 2 heteroatoms. The van der Waals surface area contributed by atoms with Gasteiger partial charge in [0.25, 0.3) is 0 Å². The van der Waals surface area contributed by atoms with E-state index >= 15 is 0 Å². The van der Waals surface area contributed by atoms with Gasteiger partial charge < -0.3 is 4.57 Å². The molecule has 1 heterocycles. The van der Waals surface area contributed by atoms with Gasteiger partial charge in [0, 0.05) is 18.9 Å². The Balaban J connectivity index is 2.10. The molecule has 0 N–H and O–H groups in total. The average molecular weight is 198 g/mol. The van der Waals surface area contributed by atoms with Crippen LogP contribution in [0.5, 0.6) is 0 Å². The molecule has 76 valence electrons. The minimum Gasteiger partial charge on any atom is -0.333 e. The fourth-order valence-corrected chi connectivity index (χ4v) is 1.52. The highest BCUT2D eigenvalue weighted by atomic mass is 15.0. The van der Waals surface area contributed by atoms with Crippen LogP contribution < -0.4 is 0 Å². The molecule has 0 radical (unpaired) electrons. The quantitative estimate of drug-likeness (QED) is 0.741. The largest absolute Gasteiger partial charge is 0.333 e. The Morgan fingerprint density at radius 3 is 2.67 bits per heavy atom. The molecule has 15 heavy (non-hydrogen) atoms. The predicted octanol–water partition coefficient (Wildman–Crippen LogP) is 2.96. The lowest BCUT2D eigenvalue weighted by Gasteiger charge is -2.02.